The fourth-order valence-corrected chi connectivity index (χ4v) is 7.60. The van der Waals surface area contributed by atoms with Gasteiger partial charge in [0, 0.05) is 29.1 Å². The molecule has 0 unspecified atom stereocenters. The number of hydrogen-bond acceptors (Lipinski definition) is 8. The minimum atomic E-state index is -4.51. The van der Waals surface area contributed by atoms with Crippen LogP contribution in [0.25, 0.3) is 21.5 Å². The number of methoxy groups -OCH3 is 1. The van der Waals surface area contributed by atoms with Crippen LogP contribution in [0.2, 0.25) is 0 Å². The topological polar surface area (TPSA) is 97.9 Å². The van der Waals surface area contributed by atoms with Crippen LogP contribution in [0.1, 0.15) is 71.7 Å². The van der Waals surface area contributed by atoms with E-state index in [1.165, 1.54) is 36.6 Å². The number of hydrogen-bond donors (Lipinski definition) is 1. The number of alkyl halides is 3. The van der Waals surface area contributed by atoms with Crippen LogP contribution in [-0.4, -0.2) is 46.5 Å². The van der Waals surface area contributed by atoms with Crippen molar-refractivity contribution < 1.29 is 37.1 Å². The summed E-state index contributed by atoms with van der Waals surface area (Å²) in [5.74, 6) is 0.206. The Morgan fingerprint density at radius 1 is 1.14 bits per heavy atom. The number of thiazole rings is 1. The van der Waals surface area contributed by atoms with Crippen LogP contribution in [-0.2, 0) is 17.5 Å². The van der Waals surface area contributed by atoms with E-state index in [1.54, 1.807) is 12.1 Å². The highest BCUT2D eigenvalue weighted by Gasteiger charge is 2.43. The summed E-state index contributed by atoms with van der Waals surface area (Å²) in [5.41, 5.74) is 0.877. The molecule has 0 radical (unpaired) electrons. The molecule has 220 valence electrons. The summed E-state index contributed by atoms with van der Waals surface area (Å²) in [6.07, 6.45) is 0.710. The molecule has 3 fully saturated rings. The fourth-order valence-electron chi connectivity index (χ4n) is 6.43. The number of halogens is 3. The van der Waals surface area contributed by atoms with E-state index in [-0.39, 0.29) is 47.5 Å². The third kappa shape index (κ3) is 4.80. The van der Waals surface area contributed by atoms with Gasteiger partial charge in [-0.2, -0.15) is 13.2 Å². The highest BCUT2D eigenvalue weighted by Crippen LogP contribution is 2.47. The quantitative estimate of drug-likeness (QED) is 0.226. The number of aromatic nitrogens is 2. The Labute approximate surface area is 243 Å². The lowest BCUT2D eigenvalue weighted by molar-refractivity contribution is -0.137. The van der Waals surface area contributed by atoms with Crippen molar-refractivity contribution >= 4 is 32.7 Å². The van der Waals surface area contributed by atoms with Crippen molar-refractivity contribution in [3.8, 4) is 17.0 Å². The van der Waals surface area contributed by atoms with E-state index in [9.17, 15) is 23.1 Å². The molecule has 2 aliphatic heterocycles. The van der Waals surface area contributed by atoms with E-state index in [2.05, 4.69) is 10.1 Å². The number of carbonyl (C=O) groups is 1. The van der Waals surface area contributed by atoms with Crippen molar-refractivity contribution in [1.82, 2.24) is 10.1 Å². The van der Waals surface area contributed by atoms with Crippen molar-refractivity contribution in [2.75, 3.05) is 12.0 Å². The number of carboxylic acids is 1. The maximum atomic E-state index is 13.8. The molecule has 12 heteroatoms. The molecule has 2 aromatic heterocycles. The standard InChI is InChI=1S/C30H28F3N3O5S/c1-39-23-10-16(28(37)38)11-24-26(23)34-29(42-24)36-17-8-9-18(36)13-19(12-17)40-14-21-25(35-41-27(21)15-6-7-15)20-4-2-3-5-22(20)30(31,32)33/h2-5,10-11,15,17-19H,6-9,12-14H2,1H3,(H,37,38)/t17-,18-/m0/s1. The molecule has 4 aromatic rings. The summed E-state index contributed by atoms with van der Waals surface area (Å²) >= 11 is 1.46. The van der Waals surface area contributed by atoms with Crippen LogP contribution in [0.15, 0.2) is 40.9 Å². The smallest absolute Gasteiger partial charge is 0.417 e. The highest BCUT2D eigenvalue weighted by atomic mass is 32.1. The van der Waals surface area contributed by atoms with E-state index < -0.39 is 17.7 Å². The average Bonchev–Trinajstić information content (AvgIpc) is 3.48. The van der Waals surface area contributed by atoms with Crippen molar-refractivity contribution in [3.05, 3.63) is 58.8 Å². The predicted molar refractivity (Wildman–Crippen MR) is 149 cm³/mol. The lowest BCUT2D eigenvalue weighted by atomic mass is 9.98. The second-order valence-electron chi connectivity index (χ2n) is 11.2. The number of carboxylic acid groups (broad SMARTS) is 1. The fraction of sp³-hybridized carbons (Fsp3) is 0.433. The van der Waals surface area contributed by atoms with Crippen LogP contribution in [0.4, 0.5) is 18.3 Å². The molecule has 4 heterocycles. The van der Waals surface area contributed by atoms with E-state index in [4.69, 9.17) is 19.0 Å². The number of nitrogens with zero attached hydrogens (tertiary/aromatic N) is 3. The Morgan fingerprint density at radius 2 is 1.88 bits per heavy atom. The molecule has 1 saturated carbocycles. The van der Waals surface area contributed by atoms with Gasteiger partial charge < -0.3 is 24.0 Å². The average molecular weight is 600 g/mol. The lowest BCUT2D eigenvalue weighted by Crippen LogP contribution is -2.45. The summed E-state index contributed by atoms with van der Waals surface area (Å²) < 4.78 is 59.7. The van der Waals surface area contributed by atoms with Gasteiger partial charge in [-0.1, -0.05) is 34.7 Å². The molecular weight excluding hydrogens is 571 g/mol. The first-order chi connectivity index (χ1) is 20.2. The second kappa shape index (κ2) is 10.3. The van der Waals surface area contributed by atoms with Crippen LogP contribution in [0, 0.1) is 0 Å². The summed E-state index contributed by atoms with van der Waals surface area (Å²) in [5, 5.41) is 14.4. The number of fused-ring (bicyclic) bond motifs is 3. The highest BCUT2D eigenvalue weighted by molar-refractivity contribution is 7.22. The van der Waals surface area contributed by atoms with Crippen molar-refractivity contribution in [1.29, 1.82) is 0 Å². The number of rotatable bonds is 8. The summed E-state index contributed by atoms with van der Waals surface area (Å²) in [4.78, 5) is 18.8. The molecule has 2 saturated heterocycles. The van der Waals surface area contributed by atoms with Crippen LogP contribution in [0.3, 0.4) is 0 Å². The SMILES string of the molecule is COc1cc(C(=O)O)cc2sc(N3[C@H]4CC[C@H]3CC(OCc3c(-c5ccccc5C(F)(F)F)noc3C3CC3)C4)nc12. The largest absolute Gasteiger partial charge is 0.494 e. The molecule has 8 nitrogen and oxygen atoms in total. The molecule has 42 heavy (non-hydrogen) atoms. The molecule has 2 bridgehead atoms. The van der Waals surface area contributed by atoms with Crippen LogP contribution >= 0.6 is 11.3 Å². The summed E-state index contributed by atoms with van der Waals surface area (Å²) in [6, 6.07) is 8.96. The normalized spacial score (nSPS) is 22.2. The first-order valence-corrected chi connectivity index (χ1v) is 14.8. The number of ether oxygens (including phenoxy) is 2. The van der Waals surface area contributed by atoms with Gasteiger partial charge >= 0.3 is 12.1 Å². The van der Waals surface area contributed by atoms with Crippen LogP contribution in [0.5, 0.6) is 5.75 Å². The Hall–Kier alpha value is -3.64. The minimum Gasteiger partial charge on any atom is -0.494 e. The molecule has 3 aliphatic rings. The van der Waals surface area contributed by atoms with Crippen LogP contribution < -0.4 is 9.64 Å². The Kier molecular flexibility index (Phi) is 6.65. The Morgan fingerprint density at radius 3 is 2.55 bits per heavy atom. The second-order valence-corrected chi connectivity index (χ2v) is 12.2. The minimum absolute atomic E-state index is 0.00598. The van der Waals surface area contributed by atoms with Gasteiger partial charge in [-0.05, 0) is 56.7 Å². The zero-order valence-corrected chi connectivity index (χ0v) is 23.5. The number of piperidine rings is 1. The zero-order chi connectivity index (χ0) is 29.2. The van der Waals surface area contributed by atoms with Gasteiger partial charge in [-0.25, -0.2) is 9.78 Å². The van der Waals surface area contributed by atoms with Gasteiger partial charge in [-0.3, -0.25) is 0 Å². The van der Waals surface area contributed by atoms with Crippen molar-refractivity contribution in [3.63, 3.8) is 0 Å². The van der Waals surface area contributed by atoms with E-state index in [0.29, 0.717) is 22.6 Å². The van der Waals surface area contributed by atoms with Gasteiger partial charge in [0.1, 0.15) is 22.7 Å². The van der Waals surface area contributed by atoms with Gasteiger partial charge in [-0.15, -0.1) is 0 Å². The zero-order valence-electron chi connectivity index (χ0n) is 22.7. The maximum absolute atomic E-state index is 13.8. The van der Waals surface area contributed by atoms with E-state index in [1.807, 2.05) is 0 Å². The van der Waals surface area contributed by atoms with Gasteiger partial charge in [0.15, 0.2) is 5.13 Å². The lowest BCUT2D eigenvalue weighted by Gasteiger charge is -2.38. The van der Waals surface area contributed by atoms with E-state index in [0.717, 1.165) is 54.4 Å². The third-order valence-electron chi connectivity index (χ3n) is 8.54. The molecular formula is C30H28F3N3O5S. The Balaban J connectivity index is 1.12. The molecule has 0 amide bonds. The van der Waals surface area contributed by atoms with Gasteiger partial charge in [0.25, 0.3) is 0 Å². The summed E-state index contributed by atoms with van der Waals surface area (Å²) in [7, 11) is 1.50. The molecule has 2 aromatic carbocycles. The number of benzene rings is 2. The summed E-state index contributed by atoms with van der Waals surface area (Å²) in [6.45, 7) is 0.136. The maximum Gasteiger partial charge on any atom is 0.417 e. The third-order valence-corrected chi connectivity index (χ3v) is 9.56. The molecule has 7 rings (SSSR count). The van der Waals surface area contributed by atoms with Crippen molar-refractivity contribution in [2.24, 2.45) is 0 Å². The molecule has 1 N–H and O–H groups in total. The van der Waals surface area contributed by atoms with Gasteiger partial charge in [0.2, 0.25) is 0 Å². The Bertz CT molecular complexity index is 1650. The van der Waals surface area contributed by atoms with E-state index >= 15 is 0 Å². The first-order valence-electron chi connectivity index (χ1n) is 14.0. The number of anilines is 1. The number of aromatic carboxylic acids is 1. The van der Waals surface area contributed by atoms with Gasteiger partial charge in [0.05, 0.1) is 35.6 Å². The molecule has 1 aliphatic carbocycles. The molecule has 2 atom stereocenters. The molecule has 0 spiro atoms. The first kappa shape index (κ1) is 27.2. The monoisotopic (exact) mass is 599 g/mol. The van der Waals surface area contributed by atoms with Crippen molar-refractivity contribution in [2.45, 2.75) is 75.4 Å². The predicted octanol–water partition coefficient (Wildman–Crippen LogP) is 7.27.